The maximum Gasteiger partial charge on any atom is 0.307 e. The molecule has 0 amide bonds. The van der Waals surface area contributed by atoms with Crippen LogP contribution >= 0.6 is 0 Å². The molecule has 76 valence electrons. The average Bonchev–Trinajstić information content (AvgIpc) is 2.01. The second kappa shape index (κ2) is 4.17. The Hall–Kier alpha value is -1.45. The predicted octanol–water partition coefficient (Wildman–Crippen LogP) is 2.48. The maximum absolute atomic E-state index is 13.1. The van der Waals surface area contributed by atoms with Crippen LogP contribution in [0.1, 0.15) is 24.2 Å². The summed E-state index contributed by atoms with van der Waals surface area (Å²) >= 11 is 0. The van der Waals surface area contributed by atoms with E-state index < -0.39 is 18.0 Å². The number of carbonyl (C=O) groups is 1. The molecule has 0 heterocycles. The molecule has 1 atom stereocenters. The molecule has 0 aromatic heterocycles. The third-order valence-corrected chi connectivity index (χ3v) is 1.88. The Morgan fingerprint density at radius 2 is 2.21 bits per heavy atom. The molecule has 0 radical (unpaired) electrons. The van der Waals surface area contributed by atoms with Gasteiger partial charge >= 0.3 is 5.97 Å². The van der Waals surface area contributed by atoms with E-state index in [-0.39, 0.29) is 17.5 Å². The molecule has 0 aliphatic carbocycles. The van der Waals surface area contributed by atoms with Crippen LogP contribution in [0.2, 0.25) is 0 Å². The normalized spacial score (nSPS) is 12.5. The fraction of sp³-hybridized carbons (Fsp3) is 0.300. The highest BCUT2D eigenvalue weighted by molar-refractivity contribution is 5.70. The first-order valence-electron chi connectivity index (χ1n) is 4.15. The molecule has 0 saturated carbocycles. The van der Waals surface area contributed by atoms with E-state index in [1.165, 1.54) is 19.1 Å². The second-order valence-corrected chi connectivity index (χ2v) is 3.00. The molecule has 0 aliphatic heterocycles. The van der Waals surface area contributed by atoms with Gasteiger partial charge in [-0.05, 0) is 18.6 Å². The highest BCUT2D eigenvalue weighted by Crippen LogP contribution is 2.24. The topological polar surface area (TPSA) is 37.3 Å². The standard InChI is InChI=1S/C10H10F2O2/c1-6(11)10-7(5-9(13)14)3-2-4-8(10)12/h2-4,6H,5H2,1H3,(H,13,14). The Labute approximate surface area is 80.2 Å². The van der Waals surface area contributed by atoms with Crippen LogP contribution < -0.4 is 0 Å². The fourth-order valence-electron chi connectivity index (χ4n) is 1.34. The summed E-state index contributed by atoms with van der Waals surface area (Å²) in [7, 11) is 0. The number of benzene rings is 1. The minimum Gasteiger partial charge on any atom is -0.481 e. The van der Waals surface area contributed by atoms with Gasteiger partial charge in [0.2, 0.25) is 0 Å². The molecular formula is C10H10F2O2. The molecular weight excluding hydrogens is 190 g/mol. The van der Waals surface area contributed by atoms with Crippen molar-refractivity contribution in [3.05, 3.63) is 35.1 Å². The summed E-state index contributed by atoms with van der Waals surface area (Å²) in [6.07, 6.45) is -1.85. The molecule has 0 spiro atoms. The summed E-state index contributed by atoms with van der Waals surface area (Å²) in [5, 5.41) is 8.52. The lowest BCUT2D eigenvalue weighted by atomic mass is 10.0. The van der Waals surface area contributed by atoms with Gasteiger partial charge in [0.05, 0.1) is 6.42 Å². The lowest BCUT2D eigenvalue weighted by molar-refractivity contribution is -0.136. The second-order valence-electron chi connectivity index (χ2n) is 3.00. The number of halogens is 2. The van der Waals surface area contributed by atoms with Gasteiger partial charge in [0.1, 0.15) is 12.0 Å². The third-order valence-electron chi connectivity index (χ3n) is 1.88. The van der Waals surface area contributed by atoms with Crippen LogP contribution in [0.4, 0.5) is 8.78 Å². The largest absolute Gasteiger partial charge is 0.481 e. The summed E-state index contributed by atoms with van der Waals surface area (Å²) in [6.45, 7) is 1.18. The lowest BCUT2D eigenvalue weighted by Gasteiger charge is -2.09. The molecule has 0 fully saturated rings. The van der Waals surface area contributed by atoms with E-state index >= 15 is 0 Å². The third kappa shape index (κ3) is 2.28. The summed E-state index contributed by atoms with van der Waals surface area (Å²) in [4.78, 5) is 10.4. The number of hydrogen-bond donors (Lipinski definition) is 1. The Kier molecular flexibility index (Phi) is 3.17. The van der Waals surface area contributed by atoms with Crippen LogP contribution in [-0.2, 0) is 11.2 Å². The van der Waals surface area contributed by atoms with Crippen LogP contribution in [-0.4, -0.2) is 11.1 Å². The zero-order valence-corrected chi connectivity index (χ0v) is 7.63. The van der Waals surface area contributed by atoms with E-state index in [4.69, 9.17) is 5.11 Å². The van der Waals surface area contributed by atoms with Crippen molar-refractivity contribution < 1.29 is 18.7 Å². The van der Waals surface area contributed by atoms with E-state index in [1.54, 1.807) is 0 Å². The van der Waals surface area contributed by atoms with Gasteiger partial charge in [-0.2, -0.15) is 0 Å². The van der Waals surface area contributed by atoms with Crippen LogP contribution in [0, 0.1) is 5.82 Å². The van der Waals surface area contributed by atoms with Gasteiger partial charge < -0.3 is 5.11 Å². The number of carboxylic acids is 1. The van der Waals surface area contributed by atoms with Crippen LogP contribution in [0.25, 0.3) is 0 Å². The Morgan fingerprint density at radius 1 is 1.57 bits per heavy atom. The molecule has 4 heteroatoms. The Bertz CT molecular complexity index is 348. The predicted molar refractivity (Wildman–Crippen MR) is 47.3 cm³/mol. The molecule has 1 unspecified atom stereocenters. The SMILES string of the molecule is CC(F)c1c(F)cccc1CC(=O)O. The Morgan fingerprint density at radius 3 is 2.71 bits per heavy atom. The van der Waals surface area contributed by atoms with E-state index in [0.717, 1.165) is 6.07 Å². The van der Waals surface area contributed by atoms with Crippen molar-refractivity contribution in [2.24, 2.45) is 0 Å². The molecule has 0 aliphatic rings. The fourth-order valence-corrected chi connectivity index (χ4v) is 1.34. The monoisotopic (exact) mass is 200 g/mol. The maximum atomic E-state index is 13.1. The molecule has 1 N–H and O–H groups in total. The molecule has 0 bridgehead atoms. The number of alkyl halides is 1. The van der Waals surface area contributed by atoms with Gasteiger partial charge in [-0.15, -0.1) is 0 Å². The molecule has 1 aromatic rings. The quantitative estimate of drug-likeness (QED) is 0.813. The zero-order valence-electron chi connectivity index (χ0n) is 7.63. The molecule has 1 aromatic carbocycles. The lowest BCUT2D eigenvalue weighted by Crippen LogP contribution is -2.06. The van der Waals surface area contributed by atoms with E-state index in [0.29, 0.717) is 0 Å². The molecule has 0 saturated heterocycles. The Balaban J connectivity index is 3.14. The van der Waals surface area contributed by atoms with E-state index in [9.17, 15) is 13.6 Å². The highest BCUT2D eigenvalue weighted by Gasteiger charge is 2.16. The van der Waals surface area contributed by atoms with Crippen molar-refractivity contribution in [2.45, 2.75) is 19.5 Å². The van der Waals surface area contributed by atoms with Gasteiger partial charge in [0.15, 0.2) is 0 Å². The van der Waals surface area contributed by atoms with Gasteiger partial charge in [-0.3, -0.25) is 4.79 Å². The van der Waals surface area contributed by atoms with Crippen molar-refractivity contribution in [3.8, 4) is 0 Å². The van der Waals surface area contributed by atoms with E-state index in [2.05, 4.69) is 0 Å². The van der Waals surface area contributed by atoms with Crippen LogP contribution in [0.15, 0.2) is 18.2 Å². The van der Waals surface area contributed by atoms with Crippen molar-refractivity contribution in [1.29, 1.82) is 0 Å². The minimum absolute atomic E-state index is 0.157. The van der Waals surface area contributed by atoms with Crippen LogP contribution in [0.5, 0.6) is 0 Å². The summed E-state index contributed by atoms with van der Waals surface area (Å²) in [5.41, 5.74) is 0.0300. The average molecular weight is 200 g/mol. The minimum atomic E-state index is -1.49. The van der Waals surface area contributed by atoms with Gasteiger partial charge in [0, 0.05) is 5.56 Å². The van der Waals surface area contributed by atoms with Gasteiger partial charge in [0.25, 0.3) is 0 Å². The van der Waals surface area contributed by atoms with Crippen molar-refractivity contribution in [2.75, 3.05) is 0 Å². The molecule has 1 rings (SSSR count). The number of rotatable bonds is 3. The van der Waals surface area contributed by atoms with Crippen molar-refractivity contribution in [3.63, 3.8) is 0 Å². The van der Waals surface area contributed by atoms with Crippen molar-refractivity contribution >= 4 is 5.97 Å². The van der Waals surface area contributed by atoms with Gasteiger partial charge in [-0.1, -0.05) is 12.1 Å². The zero-order chi connectivity index (χ0) is 10.7. The molecule has 2 nitrogen and oxygen atoms in total. The first kappa shape index (κ1) is 10.6. The number of carboxylic acid groups (broad SMARTS) is 1. The van der Waals surface area contributed by atoms with Gasteiger partial charge in [-0.25, -0.2) is 8.78 Å². The van der Waals surface area contributed by atoms with E-state index in [1.807, 2.05) is 0 Å². The van der Waals surface area contributed by atoms with Crippen molar-refractivity contribution in [1.82, 2.24) is 0 Å². The van der Waals surface area contributed by atoms with Crippen LogP contribution in [0.3, 0.4) is 0 Å². The number of hydrogen-bond acceptors (Lipinski definition) is 1. The smallest absolute Gasteiger partial charge is 0.307 e. The molecule has 14 heavy (non-hydrogen) atoms. The first-order valence-corrected chi connectivity index (χ1v) is 4.15. The number of aliphatic carboxylic acids is 1. The summed E-state index contributed by atoms with van der Waals surface area (Å²) in [6, 6.07) is 3.92. The first-order chi connectivity index (χ1) is 6.52. The summed E-state index contributed by atoms with van der Waals surface area (Å²) in [5.74, 6) is -1.80. The highest BCUT2D eigenvalue weighted by atomic mass is 19.1. The summed E-state index contributed by atoms with van der Waals surface area (Å²) < 4.78 is 26.1.